The van der Waals surface area contributed by atoms with E-state index in [-0.39, 0.29) is 0 Å². The van der Waals surface area contributed by atoms with Crippen molar-refractivity contribution in [1.29, 1.82) is 5.26 Å². The Hall–Kier alpha value is -3.00. The van der Waals surface area contributed by atoms with Gasteiger partial charge >= 0.3 is 0 Å². The van der Waals surface area contributed by atoms with E-state index in [0.717, 1.165) is 23.1 Å². The molecule has 3 rings (SSSR count). The van der Waals surface area contributed by atoms with Crippen LogP contribution in [0.4, 0.5) is 0 Å². The molecule has 0 radical (unpaired) electrons. The summed E-state index contributed by atoms with van der Waals surface area (Å²) in [5.41, 5.74) is 3.39. The lowest BCUT2D eigenvalue weighted by atomic mass is 10.1. The van der Waals surface area contributed by atoms with Crippen LogP contribution in [0.3, 0.4) is 0 Å². The zero-order valence-corrected chi connectivity index (χ0v) is 11.4. The Kier molecular flexibility index (Phi) is 3.44. The van der Waals surface area contributed by atoms with Gasteiger partial charge in [0.05, 0.1) is 11.6 Å². The maximum atomic E-state index is 8.80. The molecule has 0 fully saturated rings. The van der Waals surface area contributed by atoms with Crippen molar-refractivity contribution in [1.82, 2.24) is 15.1 Å². The topological polar surface area (TPSA) is 75.6 Å². The molecular formula is C16H12N4O. The van der Waals surface area contributed by atoms with Crippen LogP contribution in [0.25, 0.3) is 22.8 Å². The molecule has 5 nitrogen and oxygen atoms in total. The number of rotatable bonds is 3. The van der Waals surface area contributed by atoms with Crippen LogP contribution >= 0.6 is 0 Å². The molecule has 0 aliphatic carbocycles. The molecule has 102 valence electrons. The van der Waals surface area contributed by atoms with Crippen molar-refractivity contribution in [2.75, 3.05) is 0 Å². The minimum Gasteiger partial charge on any atom is -0.334 e. The molecule has 0 unspecified atom stereocenters. The van der Waals surface area contributed by atoms with Crippen LogP contribution in [0.1, 0.15) is 18.1 Å². The number of nitriles is 1. The summed E-state index contributed by atoms with van der Waals surface area (Å²) >= 11 is 0. The minimum absolute atomic E-state index is 0.438. The molecule has 1 aromatic carbocycles. The van der Waals surface area contributed by atoms with Crippen molar-refractivity contribution in [2.45, 2.75) is 13.3 Å². The lowest BCUT2D eigenvalue weighted by Gasteiger charge is -2.00. The van der Waals surface area contributed by atoms with Crippen molar-refractivity contribution >= 4 is 0 Å². The van der Waals surface area contributed by atoms with Crippen LogP contribution in [0, 0.1) is 11.3 Å². The zero-order chi connectivity index (χ0) is 14.7. The van der Waals surface area contributed by atoms with Gasteiger partial charge in [0.2, 0.25) is 5.82 Å². The predicted octanol–water partition coefficient (Wildman–Crippen LogP) is 3.23. The lowest BCUT2D eigenvalue weighted by molar-refractivity contribution is 0.432. The van der Waals surface area contributed by atoms with Gasteiger partial charge in [-0.25, -0.2) is 0 Å². The van der Waals surface area contributed by atoms with Gasteiger partial charge in [0.15, 0.2) is 0 Å². The first-order chi connectivity index (χ1) is 10.3. The smallest absolute Gasteiger partial charge is 0.258 e. The SMILES string of the molecule is CCc1cnccc1-c1noc(-c2ccc(C#N)cc2)n1. The van der Waals surface area contributed by atoms with Gasteiger partial charge in [-0.05, 0) is 42.3 Å². The first-order valence-corrected chi connectivity index (χ1v) is 6.59. The summed E-state index contributed by atoms with van der Waals surface area (Å²) in [6, 6.07) is 11.0. The summed E-state index contributed by atoms with van der Waals surface area (Å²) in [4.78, 5) is 8.54. The number of nitrogens with zero attached hydrogens (tertiary/aromatic N) is 4. The predicted molar refractivity (Wildman–Crippen MR) is 77.1 cm³/mol. The highest BCUT2D eigenvalue weighted by atomic mass is 16.5. The lowest BCUT2D eigenvalue weighted by Crippen LogP contribution is -1.90. The Morgan fingerprint density at radius 3 is 2.71 bits per heavy atom. The number of hydrogen-bond acceptors (Lipinski definition) is 5. The molecular weight excluding hydrogens is 264 g/mol. The van der Waals surface area contributed by atoms with E-state index in [0.29, 0.717) is 17.3 Å². The average molecular weight is 276 g/mol. The van der Waals surface area contributed by atoms with E-state index in [2.05, 4.69) is 28.1 Å². The Morgan fingerprint density at radius 1 is 1.19 bits per heavy atom. The molecule has 21 heavy (non-hydrogen) atoms. The van der Waals surface area contributed by atoms with Gasteiger partial charge in [-0.2, -0.15) is 10.2 Å². The third-order valence-corrected chi connectivity index (χ3v) is 3.21. The van der Waals surface area contributed by atoms with Crippen molar-refractivity contribution in [2.24, 2.45) is 0 Å². The molecule has 0 saturated carbocycles. The fourth-order valence-corrected chi connectivity index (χ4v) is 2.06. The first-order valence-electron chi connectivity index (χ1n) is 6.59. The number of aromatic nitrogens is 3. The van der Waals surface area contributed by atoms with Gasteiger partial charge < -0.3 is 4.52 Å². The average Bonchev–Trinajstić information content (AvgIpc) is 3.04. The fourth-order valence-electron chi connectivity index (χ4n) is 2.06. The molecule has 0 saturated heterocycles. The third-order valence-electron chi connectivity index (χ3n) is 3.21. The van der Waals surface area contributed by atoms with Crippen LogP contribution in [0.5, 0.6) is 0 Å². The summed E-state index contributed by atoms with van der Waals surface area (Å²) in [6.07, 6.45) is 4.38. The van der Waals surface area contributed by atoms with Gasteiger partial charge in [-0.1, -0.05) is 12.1 Å². The molecule has 3 aromatic rings. The first kappa shape index (κ1) is 13.0. The van der Waals surface area contributed by atoms with Gasteiger partial charge in [-0.15, -0.1) is 0 Å². The van der Waals surface area contributed by atoms with Crippen molar-refractivity contribution in [3.63, 3.8) is 0 Å². The van der Waals surface area contributed by atoms with Crippen molar-refractivity contribution < 1.29 is 4.52 Å². The second-order valence-corrected chi connectivity index (χ2v) is 4.50. The number of benzene rings is 1. The minimum atomic E-state index is 0.438. The maximum Gasteiger partial charge on any atom is 0.258 e. The summed E-state index contributed by atoms with van der Waals surface area (Å²) in [5, 5.41) is 12.8. The molecule has 0 amide bonds. The van der Waals surface area contributed by atoms with Gasteiger partial charge in [0.1, 0.15) is 0 Å². The van der Waals surface area contributed by atoms with E-state index in [1.54, 1.807) is 30.5 Å². The van der Waals surface area contributed by atoms with Crippen LogP contribution < -0.4 is 0 Å². The van der Waals surface area contributed by atoms with Gasteiger partial charge in [0, 0.05) is 23.5 Å². The largest absolute Gasteiger partial charge is 0.334 e. The number of aryl methyl sites for hydroxylation is 1. The molecule has 0 aliphatic heterocycles. The molecule has 0 bridgehead atoms. The molecule has 2 heterocycles. The van der Waals surface area contributed by atoms with Crippen LogP contribution in [0.15, 0.2) is 47.2 Å². The molecule has 0 aliphatic rings. The van der Waals surface area contributed by atoms with E-state index in [4.69, 9.17) is 9.78 Å². The van der Waals surface area contributed by atoms with Crippen LogP contribution in [-0.2, 0) is 6.42 Å². The Labute approximate surface area is 121 Å². The quantitative estimate of drug-likeness (QED) is 0.734. The zero-order valence-electron chi connectivity index (χ0n) is 11.4. The highest BCUT2D eigenvalue weighted by molar-refractivity contribution is 5.62. The number of hydrogen-bond donors (Lipinski definition) is 0. The third kappa shape index (κ3) is 2.51. The second-order valence-electron chi connectivity index (χ2n) is 4.50. The van der Waals surface area contributed by atoms with Crippen LogP contribution in [0.2, 0.25) is 0 Å². The molecule has 0 atom stereocenters. The van der Waals surface area contributed by atoms with E-state index in [1.807, 2.05) is 12.3 Å². The maximum absolute atomic E-state index is 8.80. The summed E-state index contributed by atoms with van der Waals surface area (Å²) < 4.78 is 5.31. The van der Waals surface area contributed by atoms with E-state index >= 15 is 0 Å². The van der Waals surface area contributed by atoms with Gasteiger partial charge in [0.25, 0.3) is 5.89 Å². The van der Waals surface area contributed by atoms with Crippen LogP contribution in [-0.4, -0.2) is 15.1 Å². The van der Waals surface area contributed by atoms with E-state index in [1.165, 1.54) is 0 Å². The Balaban J connectivity index is 1.98. The summed E-state index contributed by atoms with van der Waals surface area (Å²) in [7, 11) is 0. The molecule has 2 aromatic heterocycles. The van der Waals surface area contributed by atoms with Crippen molar-refractivity contribution in [3.05, 3.63) is 53.9 Å². The van der Waals surface area contributed by atoms with E-state index < -0.39 is 0 Å². The highest BCUT2D eigenvalue weighted by Gasteiger charge is 2.13. The van der Waals surface area contributed by atoms with Gasteiger partial charge in [-0.3, -0.25) is 4.98 Å². The molecule has 0 spiro atoms. The molecule has 5 heteroatoms. The standard InChI is InChI=1S/C16H12N4O/c1-2-12-10-18-8-7-14(12)15-19-16(21-20-15)13-5-3-11(9-17)4-6-13/h3-8,10H,2H2,1H3. The Bertz CT molecular complexity index is 800. The van der Waals surface area contributed by atoms with E-state index in [9.17, 15) is 0 Å². The number of pyridine rings is 1. The molecule has 0 N–H and O–H groups in total. The summed E-state index contributed by atoms with van der Waals surface area (Å²) in [6.45, 7) is 2.06. The summed E-state index contributed by atoms with van der Waals surface area (Å²) in [5.74, 6) is 0.988. The monoisotopic (exact) mass is 276 g/mol. The van der Waals surface area contributed by atoms with Crippen molar-refractivity contribution in [3.8, 4) is 28.9 Å². The fraction of sp³-hybridized carbons (Fsp3) is 0.125. The second kappa shape index (κ2) is 5.55. The highest BCUT2D eigenvalue weighted by Crippen LogP contribution is 2.24. The Morgan fingerprint density at radius 2 is 2.00 bits per heavy atom. The normalized spacial score (nSPS) is 10.3.